The van der Waals surface area contributed by atoms with Gasteiger partial charge in [-0.25, -0.2) is 4.39 Å². The van der Waals surface area contributed by atoms with Gasteiger partial charge in [0.25, 0.3) is 0 Å². The molecule has 3 aliphatic rings. The summed E-state index contributed by atoms with van der Waals surface area (Å²) in [4.78, 5) is 169. The van der Waals surface area contributed by atoms with Gasteiger partial charge in [-0.3, -0.25) is 52.7 Å². The average molecular weight is 1320 g/mol. The molecule has 524 valence electrons. The number of likely N-dealkylation sites (N-methyl/N-ethyl adjacent to an activating group) is 6. The number of benzene rings is 1. The van der Waals surface area contributed by atoms with Crippen molar-refractivity contribution >= 4 is 65.0 Å². The SMILES string of the molecule is CC[C@H](C)[C@@H]1NC(=O)[C@H](CC(C)C)N(C)C(=O)C[C@@H](C)N(C)C(=O)[C@H](CC(C)C)NC(=O)C(C)(C)N(C)C(=O)[C@H](CC(C)C)NC(=O)[C@H](CCc2ccc(C(F)(F)F)c(F)c2)NC(=O)CN(C)C(=O)[C@H](CC2CCCCC2)N(C)C(=O)C2CCN2C(=O)[C@H](C)N(C)C1=O. The second-order valence-electron chi connectivity index (χ2n) is 28.2. The standard InChI is InChI=1S/C67H107F4N11O11/c1-19-41(8)56-64(92)78(15)43(10)59(87)82-30-29-51(82)63(91)80(17)53(36-44-23-21-20-22-24-44)62(90)76(13)37-54(83)72-48(28-26-45-25-27-46(47(68)35-45)67(69,70)71)57(85)73-50(32-39(4)5)61(89)81(18)66(11,12)65(93)74-49(31-38(2)3)60(88)77(14)42(9)34-55(84)79(16)52(33-40(6)7)58(86)75-56/h25,27,35,38-44,48-53,56H,19-24,26,28-34,36-37H2,1-18H3,(H,72,83)(H,73,85)(H,74,93)(H,75,86)/t41-,42+,43-,48-,49-,50-,51?,52-,53-,56-/m0/s1. The van der Waals surface area contributed by atoms with E-state index in [0.717, 1.165) is 48.0 Å². The summed E-state index contributed by atoms with van der Waals surface area (Å²) in [6, 6.07) is -8.15. The molecule has 1 aromatic carbocycles. The summed E-state index contributed by atoms with van der Waals surface area (Å²) in [6.07, 6.45) is -0.345. The predicted octanol–water partition coefficient (Wildman–Crippen LogP) is 5.92. The highest BCUT2D eigenvalue weighted by Gasteiger charge is 2.47. The van der Waals surface area contributed by atoms with E-state index in [4.69, 9.17) is 0 Å². The maximum absolute atomic E-state index is 14.9. The lowest BCUT2D eigenvalue weighted by atomic mass is 9.84. The van der Waals surface area contributed by atoms with Crippen LogP contribution >= 0.6 is 0 Å². The van der Waals surface area contributed by atoms with Gasteiger partial charge in [0.15, 0.2) is 0 Å². The Labute approximate surface area is 548 Å². The third kappa shape index (κ3) is 20.8. The highest BCUT2D eigenvalue weighted by Crippen LogP contribution is 2.33. The maximum Gasteiger partial charge on any atom is 0.419 e. The van der Waals surface area contributed by atoms with Crippen LogP contribution in [0.5, 0.6) is 0 Å². The monoisotopic (exact) mass is 1320 g/mol. The van der Waals surface area contributed by atoms with Gasteiger partial charge in [0.2, 0.25) is 65.0 Å². The van der Waals surface area contributed by atoms with Crippen LogP contribution in [-0.4, -0.2) is 215 Å². The third-order valence-electron chi connectivity index (χ3n) is 19.2. The molecule has 0 spiro atoms. The van der Waals surface area contributed by atoms with Crippen LogP contribution in [0.15, 0.2) is 18.2 Å². The van der Waals surface area contributed by atoms with Crippen molar-refractivity contribution in [2.75, 3.05) is 55.4 Å². The Bertz CT molecular complexity index is 2830. The quantitative estimate of drug-likeness (QED) is 0.169. The first-order valence-corrected chi connectivity index (χ1v) is 33.1. The molecule has 0 radical (unpaired) electrons. The average Bonchev–Trinajstić information content (AvgIpc) is 0.810. The lowest BCUT2D eigenvalue weighted by Gasteiger charge is -2.45. The normalized spacial score (nSPS) is 26.7. The number of halogens is 4. The summed E-state index contributed by atoms with van der Waals surface area (Å²) in [5.74, 6) is -9.87. The summed E-state index contributed by atoms with van der Waals surface area (Å²) in [5.41, 5.74) is -3.19. The molecule has 1 aliphatic carbocycles. The Morgan fingerprint density at radius 3 is 1.72 bits per heavy atom. The van der Waals surface area contributed by atoms with Crippen LogP contribution in [0.3, 0.4) is 0 Å². The van der Waals surface area contributed by atoms with Gasteiger partial charge in [0, 0.05) is 61.3 Å². The van der Waals surface area contributed by atoms with Crippen LogP contribution in [0.25, 0.3) is 0 Å². The van der Waals surface area contributed by atoms with E-state index in [1.807, 2.05) is 34.6 Å². The molecule has 1 aromatic rings. The van der Waals surface area contributed by atoms with E-state index in [0.29, 0.717) is 18.6 Å². The van der Waals surface area contributed by atoms with Crippen molar-refractivity contribution < 1.29 is 70.3 Å². The number of aryl methyl sites for hydroxylation is 1. The highest BCUT2D eigenvalue weighted by molar-refractivity contribution is 5.99. The first-order valence-electron chi connectivity index (χ1n) is 33.1. The second-order valence-corrected chi connectivity index (χ2v) is 28.2. The molecule has 1 saturated carbocycles. The van der Waals surface area contributed by atoms with Crippen LogP contribution in [0.4, 0.5) is 17.6 Å². The van der Waals surface area contributed by atoms with Gasteiger partial charge in [-0.15, -0.1) is 0 Å². The zero-order chi connectivity index (χ0) is 70.5. The van der Waals surface area contributed by atoms with Gasteiger partial charge >= 0.3 is 6.18 Å². The van der Waals surface area contributed by atoms with Gasteiger partial charge in [0.1, 0.15) is 59.7 Å². The first kappa shape index (κ1) is 78.6. The lowest BCUT2D eigenvalue weighted by Crippen LogP contribution is -2.65. The van der Waals surface area contributed by atoms with Crippen molar-refractivity contribution in [1.29, 1.82) is 0 Å². The number of rotatable bonds is 13. The van der Waals surface area contributed by atoms with Crippen molar-refractivity contribution in [2.24, 2.45) is 29.6 Å². The van der Waals surface area contributed by atoms with Crippen LogP contribution < -0.4 is 21.3 Å². The second kappa shape index (κ2) is 34.0. The molecule has 4 N–H and O–H groups in total. The number of alkyl halides is 3. The topological polar surface area (TPSA) is 259 Å². The van der Waals surface area contributed by atoms with E-state index in [2.05, 4.69) is 21.3 Å². The Morgan fingerprint density at radius 2 is 1.19 bits per heavy atom. The minimum Gasteiger partial charge on any atom is -0.343 e. The number of carbonyl (C=O) groups excluding carboxylic acids is 11. The molecule has 2 heterocycles. The van der Waals surface area contributed by atoms with Gasteiger partial charge in [0.05, 0.1) is 12.1 Å². The van der Waals surface area contributed by atoms with E-state index in [-0.39, 0.29) is 87.1 Å². The largest absolute Gasteiger partial charge is 0.419 e. The third-order valence-corrected chi connectivity index (χ3v) is 19.2. The predicted molar refractivity (Wildman–Crippen MR) is 343 cm³/mol. The van der Waals surface area contributed by atoms with Crippen molar-refractivity contribution in [3.8, 4) is 0 Å². The minimum atomic E-state index is -5.00. The fraction of sp³-hybridized carbons (Fsp3) is 0.746. The van der Waals surface area contributed by atoms with Crippen LogP contribution in [-0.2, 0) is 65.3 Å². The summed E-state index contributed by atoms with van der Waals surface area (Å²) < 4.78 is 55.8. The molecule has 26 heteroatoms. The summed E-state index contributed by atoms with van der Waals surface area (Å²) >= 11 is 0. The molecule has 3 fully saturated rings. The van der Waals surface area contributed by atoms with Gasteiger partial charge in [-0.2, -0.15) is 13.2 Å². The summed E-state index contributed by atoms with van der Waals surface area (Å²) in [7, 11) is 8.55. The molecular formula is C67H107F4N11O11. The molecule has 22 nitrogen and oxygen atoms in total. The zero-order valence-corrected chi connectivity index (χ0v) is 58.3. The van der Waals surface area contributed by atoms with E-state index in [1.165, 1.54) is 87.6 Å². The summed E-state index contributed by atoms with van der Waals surface area (Å²) in [5, 5.41) is 11.1. The zero-order valence-electron chi connectivity index (χ0n) is 58.3. The summed E-state index contributed by atoms with van der Waals surface area (Å²) in [6.45, 7) is 20.2. The molecule has 1 unspecified atom stereocenters. The number of nitrogens with zero attached hydrogens (tertiary/aromatic N) is 7. The lowest BCUT2D eigenvalue weighted by molar-refractivity contribution is -0.160. The molecule has 4 rings (SSSR count). The molecule has 2 aliphatic heterocycles. The number of hydrogen-bond donors (Lipinski definition) is 4. The molecule has 11 amide bonds. The molecule has 10 atom stereocenters. The fourth-order valence-corrected chi connectivity index (χ4v) is 12.2. The Hall–Kier alpha value is -6.89. The van der Waals surface area contributed by atoms with Gasteiger partial charge in [-0.05, 0) is 120 Å². The number of fused-ring (bicyclic) bond motifs is 1. The van der Waals surface area contributed by atoms with Crippen LogP contribution in [0.2, 0.25) is 0 Å². The smallest absolute Gasteiger partial charge is 0.343 e. The van der Waals surface area contributed by atoms with Crippen molar-refractivity contribution in [3.05, 3.63) is 35.1 Å². The Kier molecular flexibility index (Phi) is 28.7. The fourth-order valence-electron chi connectivity index (χ4n) is 12.2. The maximum atomic E-state index is 14.9. The van der Waals surface area contributed by atoms with Crippen molar-refractivity contribution in [1.82, 2.24) is 55.6 Å². The van der Waals surface area contributed by atoms with Crippen LogP contribution in [0.1, 0.15) is 178 Å². The number of amides is 11. The number of carbonyl (C=O) groups is 11. The van der Waals surface area contributed by atoms with E-state index in [1.54, 1.807) is 27.7 Å². The molecule has 2 saturated heterocycles. The van der Waals surface area contributed by atoms with Gasteiger partial charge < -0.3 is 55.6 Å². The van der Waals surface area contributed by atoms with Crippen molar-refractivity contribution in [3.63, 3.8) is 0 Å². The Morgan fingerprint density at radius 1 is 0.613 bits per heavy atom. The van der Waals surface area contributed by atoms with E-state index < -0.39 is 155 Å². The van der Waals surface area contributed by atoms with E-state index >= 15 is 0 Å². The number of nitrogens with one attached hydrogen (secondary N) is 4. The van der Waals surface area contributed by atoms with E-state index in [9.17, 15) is 70.3 Å². The molecular weight excluding hydrogens is 1210 g/mol. The first-order chi connectivity index (χ1) is 43.2. The Balaban J connectivity index is 1.85. The van der Waals surface area contributed by atoms with Gasteiger partial charge in [-0.1, -0.05) is 100.0 Å². The molecule has 93 heavy (non-hydrogen) atoms. The van der Waals surface area contributed by atoms with Crippen molar-refractivity contribution in [2.45, 2.75) is 239 Å². The van der Waals surface area contributed by atoms with Crippen LogP contribution in [0, 0.1) is 35.4 Å². The minimum absolute atomic E-state index is 0.00168. The number of hydrogen-bond acceptors (Lipinski definition) is 11. The highest BCUT2D eigenvalue weighted by atomic mass is 19.4. The molecule has 0 bridgehead atoms. The molecule has 0 aromatic heterocycles.